The van der Waals surface area contributed by atoms with Crippen LogP contribution in [-0.2, 0) is 5.41 Å². The van der Waals surface area contributed by atoms with Crippen molar-refractivity contribution in [1.29, 1.82) is 0 Å². The first-order valence-corrected chi connectivity index (χ1v) is 10.6. The van der Waals surface area contributed by atoms with E-state index in [2.05, 4.69) is 133 Å². The molecule has 0 N–H and O–H groups in total. The van der Waals surface area contributed by atoms with Gasteiger partial charge in [-0.1, -0.05) is 140 Å². The summed E-state index contributed by atoms with van der Waals surface area (Å²) in [7, 11) is 0. The Morgan fingerprint density at radius 1 is 0.387 bits per heavy atom. The van der Waals surface area contributed by atoms with Crippen molar-refractivity contribution >= 4 is 0 Å². The van der Waals surface area contributed by atoms with E-state index in [9.17, 15) is 0 Å². The van der Waals surface area contributed by atoms with E-state index in [-0.39, 0.29) is 0 Å². The van der Waals surface area contributed by atoms with Gasteiger partial charge in [-0.3, -0.25) is 0 Å². The molecule has 0 aliphatic heterocycles. The Labute approximate surface area is 184 Å². The Morgan fingerprint density at radius 2 is 0.806 bits per heavy atom. The minimum Gasteiger partial charge on any atom is -0.0622 e. The van der Waals surface area contributed by atoms with Crippen molar-refractivity contribution in [3.63, 3.8) is 0 Å². The summed E-state index contributed by atoms with van der Waals surface area (Å²) in [5.41, 5.74) is 6.90. The number of benzene rings is 5. The summed E-state index contributed by atoms with van der Waals surface area (Å²) in [5.74, 6) is 0. The number of hydrogen-bond donors (Lipinski definition) is 0. The van der Waals surface area contributed by atoms with Gasteiger partial charge in [-0.25, -0.2) is 0 Å². The quantitative estimate of drug-likeness (QED) is 0.270. The van der Waals surface area contributed by atoms with E-state index in [0.717, 1.165) is 5.56 Å². The normalized spacial score (nSPS) is 11.2. The van der Waals surface area contributed by atoms with Crippen molar-refractivity contribution in [2.75, 3.05) is 0 Å². The predicted molar refractivity (Wildman–Crippen MR) is 129 cm³/mol. The molecule has 0 unspecified atom stereocenters. The Kier molecular flexibility index (Phi) is 5.21. The highest BCUT2D eigenvalue weighted by Crippen LogP contribution is 2.45. The summed E-state index contributed by atoms with van der Waals surface area (Å²) in [4.78, 5) is 0. The molecule has 0 nitrogen and oxygen atoms in total. The monoisotopic (exact) mass is 395 g/mol. The van der Waals surface area contributed by atoms with E-state index >= 15 is 0 Å². The van der Waals surface area contributed by atoms with Crippen LogP contribution < -0.4 is 0 Å². The van der Waals surface area contributed by atoms with Crippen LogP contribution in [-0.4, -0.2) is 0 Å². The molecule has 5 aromatic carbocycles. The van der Waals surface area contributed by atoms with E-state index < -0.39 is 5.41 Å². The zero-order valence-corrected chi connectivity index (χ0v) is 17.3. The lowest BCUT2D eigenvalue weighted by Crippen LogP contribution is -2.30. The van der Waals surface area contributed by atoms with E-state index in [0.29, 0.717) is 0 Å². The molecular formula is C31H23. The van der Waals surface area contributed by atoms with Crippen molar-refractivity contribution in [2.45, 2.75) is 5.41 Å². The van der Waals surface area contributed by atoms with E-state index in [1.165, 1.54) is 27.8 Å². The lowest BCUT2D eigenvalue weighted by atomic mass is 9.65. The van der Waals surface area contributed by atoms with E-state index in [4.69, 9.17) is 0 Å². The summed E-state index contributed by atoms with van der Waals surface area (Å²) in [6, 6.07) is 52.9. The molecule has 0 aliphatic carbocycles. The van der Waals surface area contributed by atoms with Gasteiger partial charge in [0.25, 0.3) is 0 Å². The van der Waals surface area contributed by atoms with Gasteiger partial charge < -0.3 is 0 Å². The molecule has 0 bridgehead atoms. The van der Waals surface area contributed by atoms with Gasteiger partial charge in [-0.15, -0.1) is 0 Å². The van der Waals surface area contributed by atoms with Crippen molar-refractivity contribution in [3.05, 3.63) is 168 Å². The summed E-state index contributed by atoms with van der Waals surface area (Å²) >= 11 is 0. The van der Waals surface area contributed by atoms with E-state index in [1.54, 1.807) is 0 Å². The molecule has 0 saturated carbocycles. The molecule has 31 heavy (non-hydrogen) atoms. The molecule has 0 saturated heterocycles. The standard InChI is InChI=1S/C31H23/c1-5-13-25(14-6-1)26-21-23-30(24-22-26)31(27-15-7-2-8-16-27,28-17-9-3-10-18-28)29-19-11-4-12-20-29/h1-13,15-24H. The summed E-state index contributed by atoms with van der Waals surface area (Å²) in [5, 5.41) is 0. The van der Waals surface area contributed by atoms with Gasteiger partial charge in [-0.05, 0) is 39.4 Å². The fourth-order valence-electron chi connectivity index (χ4n) is 4.54. The average molecular weight is 396 g/mol. The zero-order chi connectivity index (χ0) is 20.9. The molecule has 147 valence electrons. The highest BCUT2D eigenvalue weighted by atomic mass is 14.4. The summed E-state index contributed by atoms with van der Waals surface area (Å²) in [6.45, 7) is 0. The van der Waals surface area contributed by atoms with E-state index in [1.807, 2.05) is 12.1 Å². The maximum absolute atomic E-state index is 3.34. The van der Waals surface area contributed by atoms with Crippen LogP contribution in [0.3, 0.4) is 0 Å². The van der Waals surface area contributed by atoms with Crippen LogP contribution in [0.1, 0.15) is 22.3 Å². The lowest BCUT2D eigenvalue weighted by molar-refractivity contribution is 0.745. The third kappa shape index (κ3) is 3.47. The number of hydrogen-bond acceptors (Lipinski definition) is 0. The van der Waals surface area contributed by atoms with Crippen molar-refractivity contribution in [3.8, 4) is 11.1 Å². The fraction of sp³-hybridized carbons (Fsp3) is 0.0323. The molecule has 0 fully saturated rings. The topological polar surface area (TPSA) is 0 Å². The second-order valence-electron chi connectivity index (χ2n) is 7.70. The minimum atomic E-state index is -0.400. The Morgan fingerprint density at radius 3 is 1.23 bits per heavy atom. The van der Waals surface area contributed by atoms with Gasteiger partial charge >= 0.3 is 0 Å². The molecule has 0 amide bonds. The van der Waals surface area contributed by atoms with Gasteiger partial charge in [0.05, 0.1) is 5.41 Å². The molecule has 0 heterocycles. The summed E-state index contributed by atoms with van der Waals surface area (Å²) < 4.78 is 0. The van der Waals surface area contributed by atoms with Crippen molar-refractivity contribution in [1.82, 2.24) is 0 Å². The third-order valence-corrected chi connectivity index (χ3v) is 5.96. The largest absolute Gasteiger partial charge is 0.0701 e. The highest BCUT2D eigenvalue weighted by molar-refractivity contribution is 5.66. The second-order valence-corrected chi connectivity index (χ2v) is 7.70. The van der Waals surface area contributed by atoms with Crippen LogP contribution >= 0.6 is 0 Å². The highest BCUT2D eigenvalue weighted by Gasteiger charge is 2.38. The van der Waals surface area contributed by atoms with Crippen molar-refractivity contribution in [2.24, 2.45) is 0 Å². The van der Waals surface area contributed by atoms with Crippen LogP contribution in [0.5, 0.6) is 0 Å². The van der Waals surface area contributed by atoms with Gasteiger partial charge in [0.15, 0.2) is 0 Å². The first kappa shape index (κ1) is 19.1. The van der Waals surface area contributed by atoms with Gasteiger partial charge in [0, 0.05) is 0 Å². The molecule has 0 spiro atoms. The first-order chi connectivity index (χ1) is 15.4. The third-order valence-electron chi connectivity index (χ3n) is 5.96. The molecule has 1 radical (unpaired) electrons. The number of rotatable bonds is 5. The van der Waals surface area contributed by atoms with Crippen molar-refractivity contribution < 1.29 is 0 Å². The maximum Gasteiger partial charge on any atom is 0.0701 e. The molecule has 5 aromatic rings. The Hall–Kier alpha value is -3.90. The SMILES string of the molecule is [c]1ccccc1-c1ccc(C(c2ccccc2)(c2ccccc2)c2ccccc2)cc1. The van der Waals surface area contributed by atoms with Crippen LogP contribution in [0.25, 0.3) is 11.1 Å². The van der Waals surface area contributed by atoms with Crippen LogP contribution in [0, 0.1) is 6.07 Å². The minimum absolute atomic E-state index is 0.400. The summed E-state index contributed by atoms with van der Waals surface area (Å²) in [6.07, 6.45) is 0. The smallest absolute Gasteiger partial charge is 0.0622 e. The van der Waals surface area contributed by atoms with Crippen LogP contribution in [0.15, 0.2) is 140 Å². The Bertz CT molecular complexity index is 1130. The van der Waals surface area contributed by atoms with Crippen LogP contribution in [0.4, 0.5) is 0 Å². The molecule has 0 heteroatoms. The predicted octanol–water partition coefficient (Wildman–Crippen LogP) is 7.54. The second kappa shape index (κ2) is 8.45. The molecule has 5 rings (SSSR count). The maximum atomic E-state index is 3.34. The first-order valence-electron chi connectivity index (χ1n) is 10.6. The molecular weight excluding hydrogens is 372 g/mol. The molecule has 0 atom stereocenters. The van der Waals surface area contributed by atoms with Gasteiger partial charge in [0.2, 0.25) is 0 Å². The average Bonchev–Trinajstić information content (AvgIpc) is 2.88. The van der Waals surface area contributed by atoms with Gasteiger partial charge in [-0.2, -0.15) is 0 Å². The fourth-order valence-corrected chi connectivity index (χ4v) is 4.54. The zero-order valence-electron chi connectivity index (χ0n) is 17.3. The van der Waals surface area contributed by atoms with Crippen LogP contribution in [0.2, 0.25) is 0 Å². The Balaban J connectivity index is 1.78. The van der Waals surface area contributed by atoms with Gasteiger partial charge in [0.1, 0.15) is 0 Å². The lowest BCUT2D eigenvalue weighted by Gasteiger charge is -2.37. The molecule has 0 aliphatic rings. The molecule has 0 aromatic heterocycles.